The van der Waals surface area contributed by atoms with Crippen molar-refractivity contribution >= 4 is 15.9 Å². The molecule has 0 bridgehead atoms. The minimum absolute atomic E-state index is 0.112. The lowest BCUT2D eigenvalue weighted by atomic mass is 10.0. The number of aryl methyl sites for hydroxylation is 1. The van der Waals surface area contributed by atoms with E-state index in [9.17, 15) is 4.39 Å². The Labute approximate surface area is 112 Å². The molecule has 1 N–H and O–H groups in total. The number of hydrogen-bond acceptors (Lipinski definition) is 1. The van der Waals surface area contributed by atoms with E-state index in [0.717, 1.165) is 31.4 Å². The predicted octanol–water partition coefficient (Wildman–Crippen LogP) is 4.30. The van der Waals surface area contributed by atoms with E-state index in [1.54, 1.807) is 6.07 Å². The molecule has 0 aliphatic heterocycles. The molecule has 0 spiro atoms. The SMILES string of the molecule is CCCC(CCc1cccc(Br)c1F)NCC. The van der Waals surface area contributed by atoms with Crippen LogP contribution in [0.1, 0.15) is 38.7 Å². The van der Waals surface area contributed by atoms with Gasteiger partial charge in [-0.3, -0.25) is 0 Å². The van der Waals surface area contributed by atoms with Gasteiger partial charge in [0.2, 0.25) is 0 Å². The number of hydrogen-bond donors (Lipinski definition) is 1. The van der Waals surface area contributed by atoms with E-state index in [1.807, 2.05) is 12.1 Å². The summed E-state index contributed by atoms with van der Waals surface area (Å²) >= 11 is 3.22. The van der Waals surface area contributed by atoms with Crippen LogP contribution in [-0.4, -0.2) is 12.6 Å². The van der Waals surface area contributed by atoms with Crippen LogP contribution in [0.4, 0.5) is 4.39 Å². The average molecular weight is 302 g/mol. The fourth-order valence-electron chi connectivity index (χ4n) is 2.06. The van der Waals surface area contributed by atoms with Gasteiger partial charge in [-0.2, -0.15) is 0 Å². The molecule has 0 saturated carbocycles. The number of rotatable bonds is 7. The molecular weight excluding hydrogens is 281 g/mol. The summed E-state index contributed by atoms with van der Waals surface area (Å²) in [4.78, 5) is 0. The summed E-state index contributed by atoms with van der Waals surface area (Å²) in [5, 5.41) is 3.45. The van der Waals surface area contributed by atoms with E-state index >= 15 is 0 Å². The first-order valence-electron chi connectivity index (χ1n) is 6.35. The Kier molecular flexibility index (Phi) is 6.75. The van der Waals surface area contributed by atoms with Gasteiger partial charge in [0.05, 0.1) is 4.47 Å². The molecule has 1 nitrogen and oxygen atoms in total. The summed E-state index contributed by atoms with van der Waals surface area (Å²) in [7, 11) is 0. The van der Waals surface area contributed by atoms with Crippen LogP contribution in [0, 0.1) is 5.82 Å². The van der Waals surface area contributed by atoms with Gasteiger partial charge in [-0.15, -0.1) is 0 Å². The Bertz CT molecular complexity index is 335. The highest BCUT2D eigenvalue weighted by atomic mass is 79.9. The quantitative estimate of drug-likeness (QED) is 0.792. The highest BCUT2D eigenvalue weighted by Crippen LogP contribution is 2.20. The fourth-order valence-corrected chi connectivity index (χ4v) is 2.46. The van der Waals surface area contributed by atoms with E-state index in [2.05, 4.69) is 35.1 Å². The van der Waals surface area contributed by atoms with E-state index in [-0.39, 0.29) is 5.82 Å². The molecule has 0 fully saturated rings. The maximum Gasteiger partial charge on any atom is 0.140 e. The van der Waals surface area contributed by atoms with E-state index in [1.165, 1.54) is 6.42 Å². The van der Waals surface area contributed by atoms with Crippen LogP contribution >= 0.6 is 15.9 Å². The molecule has 0 heterocycles. The van der Waals surface area contributed by atoms with Crippen molar-refractivity contribution in [1.29, 1.82) is 0 Å². The average Bonchev–Trinajstić information content (AvgIpc) is 2.31. The lowest BCUT2D eigenvalue weighted by Crippen LogP contribution is -2.29. The molecule has 3 heteroatoms. The molecule has 1 rings (SSSR count). The van der Waals surface area contributed by atoms with Crippen LogP contribution in [0.25, 0.3) is 0 Å². The molecule has 0 aliphatic rings. The van der Waals surface area contributed by atoms with Gasteiger partial charge in [0.15, 0.2) is 0 Å². The monoisotopic (exact) mass is 301 g/mol. The van der Waals surface area contributed by atoms with Gasteiger partial charge in [0, 0.05) is 6.04 Å². The largest absolute Gasteiger partial charge is 0.314 e. The zero-order chi connectivity index (χ0) is 12.7. The first kappa shape index (κ1) is 14.7. The van der Waals surface area contributed by atoms with Crippen LogP contribution in [0.5, 0.6) is 0 Å². The van der Waals surface area contributed by atoms with Crippen molar-refractivity contribution in [3.63, 3.8) is 0 Å². The van der Waals surface area contributed by atoms with Crippen molar-refractivity contribution in [2.45, 2.75) is 45.6 Å². The molecule has 1 atom stereocenters. The lowest BCUT2D eigenvalue weighted by Gasteiger charge is -2.17. The number of benzene rings is 1. The summed E-state index contributed by atoms with van der Waals surface area (Å²) in [6, 6.07) is 6.01. The smallest absolute Gasteiger partial charge is 0.140 e. The van der Waals surface area contributed by atoms with Gasteiger partial charge in [-0.05, 0) is 53.4 Å². The second kappa shape index (κ2) is 7.83. The first-order valence-corrected chi connectivity index (χ1v) is 7.14. The Morgan fingerprint density at radius 3 is 2.71 bits per heavy atom. The second-order valence-corrected chi connectivity index (χ2v) is 5.15. The predicted molar refractivity (Wildman–Crippen MR) is 74.8 cm³/mol. The first-order chi connectivity index (χ1) is 8.19. The van der Waals surface area contributed by atoms with E-state index in [4.69, 9.17) is 0 Å². The summed E-state index contributed by atoms with van der Waals surface area (Å²) in [6.07, 6.45) is 4.11. The maximum atomic E-state index is 13.8. The Hall–Kier alpha value is -0.410. The van der Waals surface area contributed by atoms with Gasteiger partial charge >= 0.3 is 0 Å². The molecule has 0 aliphatic carbocycles. The van der Waals surface area contributed by atoms with Gasteiger partial charge < -0.3 is 5.32 Å². The summed E-state index contributed by atoms with van der Waals surface area (Å²) in [5.74, 6) is -0.112. The third-order valence-electron chi connectivity index (χ3n) is 2.92. The van der Waals surface area contributed by atoms with Crippen molar-refractivity contribution in [3.05, 3.63) is 34.1 Å². The number of halogens is 2. The maximum absolute atomic E-state index is 13.8. The Morgan fingerprint density at radius 2 is 2.06 bits per heavy atom. The summed E-state index contributed by atoms with van der Waals surface area (Å²) < 4.78 is 14.3. The standard InChI is InChI=1S/C14H21BrFN/c1-3-6-12(17-4-2)10-9-11-7-5-8-13(15)14(11)16/h5,7-8,12,17H,3-4,6,9-10H2,1-2H3. The highest BCUT2D eigenvalue weighted by Gasteiger charge is 2.10. The zero-order valence-electron chi connectivity index (χ0n) is 10.6. The Balaban J connectivity index is 2.55. The molecule has 0 radical (unpaired) electrons. The highest BCUT2D eigenvalue weighted by molar-refractivity contribution is 9.10. The summed E-state index contributed by atoms with van der Waals surface area (Å²) in [5.41, 5.74) is 0.804. The molecule has 1 aromatic rings. The fraction of sp³-hybridized carbons (Fsp3) is 0.571. The van der Waals surface area contributed by atoms with Crippen LogP contribution in [0.3, 0.4) is 0 Å². The third kappa shape index (κ3) is 4.76. The van der Waals surface area contributed by atoms with Gasteiger partial charge in [-0.25, -0.2) is 4.39 Å². The lowest BCUT2D eigenvalue weighted by molar-refractivity contribution is 0.455. The molecule has 96 valence electrons. The van der Waals surface area contributed by atoms with Crippen LogP contribution in [0.15, 0.2) is 22.7 Å². The van der Waals surface area contributed by atoms with Crippen LogP contribution in [0.2, 0.25) is 0 Å². The van der Waals surface area contributed by atoms with Crippen molar-refractivity contribution in [3.8, 4) is 0 Å². The van der Waals surface area contributed by atoms with Crippen LogP contribution in [-0.2, 0) is 6.42 Å². The second-order valence-electron chi connectivity index (χ2n) is 4.29. The zero-order valence-corrected chi connectivity index (χ0v) is 12.2. The Morgan fingerprint density at radius 1 is 1.29 bits per heavy atom. The van der Waals surface area contributed by atoms with Crippen molar-refractivity contribution in [2.24, 2.45) is 0 Å². The molecule has 17 heavy (non-hydrogen) atoms. The van der Waals surface area contributed by atoms with Crippen molar-refractivity contribution in [1.82, 2.24) is 5.32 Å². The normalized spacial score (nSPS) is 12.7. The third-order valence-corrected chi connectivity index (χ3v) is 3.54. The molecule has 0 saturated heterocycles. The summed E-state index contributed by atoms with van der Waals surface area (Å²) in [6.45, 7) is 5.28. The topological polar surface area (TPSA) is 12.0 Å². The molecular formula is C14H21BrFN. The van der Waals surface area contributed by atoms with Crippen molar-refractivity contribution in [2.75, 3.05) is 6.54 Å². The molecule has 1 unspecified atom stereocenters. The van der Waals surface area contributed by atoms with Gasteiger partial charge in [0.1, 0.15) is 5.82 Å². The molecule has 0 amide bonds. The molecule has 0 aromatic heterocycles. The van der Waals surface area contributed by atoms with E-state index < -0.39 is 0 Å². The van der Waals surface area contributed by atoms with Gasteiger partial charge in [-0.1, -0.05) is 32.4 Å². The van der Waals surface area contributed by atoms with Crippen LogP contribution < -0.4 is 5.32 Å². The molecule has 1 aromatic carbocycles. The minimum atomic E-state index is -0.112. The number of nitrogens with one attached hydrogen (secondary N) is 1. The van der Waals surface area contributed by atoms with E-state index in [0.29, 0.717) is 10.5 Å². The van der Waals surface area contributed by atoms with Gasteiger partial charge in [0.25, 0.3) is 0 Å². The minimum Gasteiger partial charge on any atom is -0.314 e. The van der Waals surface area contributed by atoms with Crippen molar-refractivity contribution < 1.29 is 4.39 Å².